The highest BCUT2D eigenvalue weighted by molar-refractivity contribution is 6.15. The highest BCUT2D eigenvalue weighted by Gasteiger charge is 2.22. The molecule has 0 aromatic heterocycles. The van der Waals surface area contributed by atoms with Gasteiger partial charge in [0, 0.05) is 30.8 Å². The number of hydrogen-bond acceptors (Lipinski definition) is 3. The minimum absolute atomic E-state index is 0.0615. The van der Waals surface area contributed by atoms with Crippen LogP contribution in [-0.4, -0.2) is 42.8 Å². The maximum Gasteiger partial charge on any atom is 0.254 e. The van der Waals surface area contributed by atoms with E-state index >= 15 is 0 Å². The van der Waals surface area contributed by atoms with Crippen LogP contribution in [0.5, 0.6) is 0 Å². The summed E-state index contributed by atoms with van der Waals surface area (Å²) in [6.07, 6.45) is 0.931. The van der Waals surface area contributed by atoms with Gasteiger partial charge in [0.25, 0.3) is 5.91 Å². The molecule has 4 heteroatoms. The van der Waals surface area contributed by atoms with Gasteiger partial charge >= 0.3 is 0 Å². The Balaban J connectivity index is 1.91. The molecule has 0 atom stereocenters. The van der Waals surface area contributed by atoms with Crippen molar-refractivity contribution in [1.29, 1.82) is 0 Å². The van der Waals surface area contributed by atoms with Crippen molar-refractivity contribution < 1.29 is 9.59 Å². The molecule has 1 saturated heterocycles. The zero-order valence-corrected chi connectivity index (χ0v) is 13.0. The molecule has 1 heterocycles. The average Bonchev–Trinajstić information content (AvgIpc) is 2.90. The Morgan fingerprint density at radius 1 is 0.826 bits per heavy atom. The third-order valence-electron chi connectivity index (χ3n) is 4.07. The second-order valence-electron chi connectivity index (χ2n) is 5.64. The normalized spacial score (nSPS) is 15.0. The Bertz CT molecular complexity index is 690. The molecule has 23 heavy (non-hydrogen) atoms. The summed E-state index contributed by atoms with van der Waals surface area (Å²) in [5.74, 6) is -0.170. The highest BCUT2D eigenvalue weighted by atomic mass is 16.2. The van der Waals surface area contributed by atoms with Gasteiger partial charge < -0.3 is 10.2 Å². The predicted molar refractivity (Wildman–Crippen MR) is 89.7 cm³/mol. The van der Waals surface area contributed by atoms with E-state index in [9.17, 15) is 9.59 Å². The maximum absolute atomic E-state index is 12.9. The van der Waals surface area contributed by atoms with Gasteiger partial charge in [-0.25, -0.2) is 0 Å². The fourth-order valence-electron chi connectivity index (χ4n) is 2.83. The van der Waals surface area contributed by atoms with Crippen LogP contribution < -0.4 is 5.32 Å². The minimum atomic E-state index is -0.109. The second kappa shape index (κ2) is 7.20. The molecule has 2 aromatic rings. The standard InChI is InChI=1S/C19H20N2O2/c22-18(15-7-2-1-3-8-15)16-9-4-5-10-17(16)19(23)21-13-6-11-20-12-14-21/h1-5,7-10,20H,6,11-14H2. The second-order valence-corrected chi connectivity index (χ2v) is 5.64. The van der Waals surface area contributed by atoms with E-state index in [-0.39, 0.29) is 11.7 Å². The molecule has 1 aliphatic rings. The summed E-state index contributed by atoms with van der Waals surface area (Å²) in [5.41, 5.74) is 1.56. The van der Waals surface area contributed by atoms with Crippen LogP contribution in [0.1, 0.15) is 32.7 Å². The van der Waals surface area contributed by atoms with Crippen LogP contribution in [0.15, 0.2) is 54.6 Å². The molecule has 0 bridgehead atoms. The van der Waals surface area contributed by atoms with Gasteiger partial charge in [0.05, 0.1) is 5.56 Å². The zero-order chi connectivity index (χ0) is 16.1. The minimum Gasteiger partial charge on any atom is -0.337 e. The monoisotopic (exact) mass is 308 g/mol. The number of carbonyl (C=O) groups is 2. The first-order valence-electron chi connectivity index (χ1n) is 7.96. The number of benzene rings is 2. The van der Waals surface area contributed by atoms with Crippen LogP contribution in [0.3, 0.4) is 0 Å². The van der Waals surface area contributed by atoms with E-state index in [2.05, 4.69) is 5.32 Å². The molecule has 118 valence electrons. The van der Waals surface area contributed by atoms with Gasteiger partial charge in [-0.3, -0.25) is 9.59 Å². The SMILES string of the molecule is O=C(c1ccccc1)c1ccccc1C(=O)N1CCCNCC1. The van der Waals surface area contributed by atoms with Crippen LogP contribution >= 0.6 is 0 Å². The Morgan fingerprint density at radius 2 is 1.52 bits per heavy atom. The zero-order valence-electron chi connectivity index (χ0n) is 13.0. The molecule has 0 saturated carbocycles. The van der Waals surface area contributed by atoms with Crippen molar-refractivity contribution in [2.24, 2.45) is 0 Å². The molecule has 0 radical (unpaired) electrons. The molecule has 1 amide bonds. The lowest BCUT2D eigenvalue weighted by atomic mass is 9.97. The lowest BCUT2D eigenvalue weighted by Gasteiger charge is -2.21. The van der Waals surface area contributed by atoms with Crippen molar-refractivity contribution in [1.82, 2.24) is 10.2 Å². The molecule has 2 aromatic carbocycles. The van der Waals surface area contributed by atoms with Crippen LogP contribution in [0.2, 0.25) is 0 Å². The first-order chi connectivity index (χ1) is 11.3. The quantitative estimate of drug-likeness (QED) is 0.886. The fourth-order valence-corrected chi connectivity index (χ4v) is 2.83. The van der Waals surface area contributed by atoms with Crippen LogP contribution in [0, 0.1) is 0 Å². The molecule has 0 aliphatic carbocycles. The lowest BCUT2D eigenvalue weighted by molar-refractivity contribution is 0.0762. The largest absolute Gasteiger partial charge is 0.337 e. The van der Waals surface area contributed by atoms with Gasteiger partial charge in [0.2, 0.25) is 0 Å². The van der Waals surface area contributed by atoms with Crippen LogP contribution in [0.25, 0.3) is 0 Å². The van der Waals surface area contributed by atoms with Crippen LogP contribution in [0.4, 0.5) is 0 Å². The summed E-state index contributed by atoms with van der Waals surface area (Å²) < 4.78 is 0. The molecule has 4 nitrogen and oxygen atoms in total. The van der Waals surface area contributed by atoms with Crippen molar-refractivity contribution in [2.75, 3.05) is 26.2 Å². The summed E-state index contributed by atoms with van der Waals surface area (Å²) in [6.45, 7) is 3.11. The van der Waals surface area contributed by atoms with Crippen molar-refractivity contribution >= 4 is 11.7 Å². The Morgan fingerprint density at radius 3 is 2.30 bits per heavy atom. The summed E-state index contributed by atoms with van der Waals surface area (Å²) in [5, 5.41) is 3.29. The van der Waals surface area contributed by atoms with Gasteiger partial charge in [-0.2, -0.15) is 0 Å². The molecule has 3 rings (SSSR count). The smallest absolute Gasteiger partial charge is 0.254 e. The van der Waals surface area contributed by atoms with Gasteiger partial charge in [0.1, 0.15) is 0 Å². The summed E-state index contributed by atoms with van der Waals surface area (Å²) in [6, 6.07) is 16.2. The third-order valence-corrected chi connectivity index (χ3v) is 4.07. The van der Waals surface area contributed by atoms with Crippen molar-refractivity contribution in [2.45, 2.75) is 6.42 Å². The number of carbonyl (C=O) groups excluding carboxylic acids is 2. The number of hydrogen-bond donors (Lipinski definition) is 1. The number of nitrogens with one attached hydrogen (secondary N) is 1. The molecule has 1 fully saturated rings. The number of ketones is 1. The molecule has 1 aliphatic heterocycles. The van der Waals surface area contributed by atoms with Crippen molar-refractivity contribution in [3.05, 3.63) is 71.3 Å². The third kappa shape index (κ3) is 3.48. The molecule has 1 N–H and O–H groups in total. The highest BCUT2D eigenvalue weighted by Crippen LogP contribution is 2.17. The van der Waals surface area contributed by atoms with E-state index in [1.807, 2.05) is 29.2 Å². The molecular weight excluding hydrogens is 288 g/mol. The Labute approximate surface area is 136 Å². The van der Waals surface area contributed by atoms with Crippen LogP contribution in [-0.2, 0) is 0 Å². The number of rotatable bonds is 3. The Kier molecular flexibility index (Phi) is 4.83. The van der Waals surface area contributed by atoms with Gasteiger partial charge in [-0.15, -0.1) is 0 Å². The van der Waals surface area contributed by atoms with E-state index in [1.165, 1.54) is 0 Å². The first kappa shape index (κ1) is 15.4. The number of amides is 1. The molecule has 0 unspecified atom stereocenters. The molecular formula is C19H20N2O2. The van der Waals surface area contributed by atoms with Crippen molar-refractivity contribution in [3.63, 3.8) is 0 Å². The van der Waals surface area contributed by atoms with Gasteiger partial charge in [-0.1, -0.05) is 48.5 Å². The summed E-state index contributed by atoms with van der Waals surface area (Å²) in [4.78, 5) is 27.4. The van der Waals surface area contributed by atoms with E-state index < -0.39 is 0 Å². The van der Waals surface area contributed by atoms with E-state index in [0.29, 0.717) is 23.2 Å². The first-order valence-corrected chi connectivity index (χ1v) is 7.96. The van der Waals surface area contributed by atoms with Crippen molar-refractivity contribution in [3.8, 4) is 0 Å². The fraction of sp³-hybridized carbons (Fsp3) is 0.263. The topological polar surface area (TPSA) is 49.4 Å². The summed E-state index contributed by atoms with van der Waals surface area (Å²) in [7, 11) is 0. The van der Waals surface area contributed by atoms with Gasteiger partial charge in [0.15, 0.2) is 5.78 Å². The lowest BCUT2D eigenvalue weighted by Crippen LogP contribution is -2.35. The van der Waals surface area contributed by atoms with E-state index in [0.717, 1.165) is 26.1 Å². The summed E-state index contributed by atoms with van der Waals surface area (Å²) >= 11 is 0. The van der Waals surface area contributed by atoms with E-state index in [1.54, 1.807) is 30.3 Å². The molecule has 0 spiro atoms. The maximum atomic E-state index is 12.9. The predicted octanol–water partition coefficient (Wildman–Crippen LogP) is 2.35. The Hall–Kier alpha value is -2.46. The average molecular weight is 308 g/mol. The number of nitrogens with zero attached hydrogens (tertiary/aromatic N) is 1. The van der Waals surface area contributed by atoms with Gasteiger partial charge in [-0.05, 0) is 19.0 Å². The van der Waals surface area contributed by atoms with E-state index in [4.69, 9.17) is 0 Å².